The van der Waals surface area contributed by atoms with E-state index in [2.05, 4.69) is 0 Å². The van der Waals surface area contributed by atoms with E-state index in [1.54, 1.807) is 7.11 Å². The number of anilines is 1. The summed E-state index contributed by atoms with van der Waals surface area (Å²) in [5, 5.41) is 5.54. The van der Waals surface area contributed by atoms with E-state index >= 15 is 0 Å². The van der Waals surface area contributed by atoms with Crippen LogP contribution in [0.15, 0.2) is 109 Å². The fourth-order valence-electron chi connectivity index (χ4n) is 4.81. The molecule has 6 heteroatoms. The lowest BCUT2D eigenvalue weighted by Gasteiger charge is -2.27. The Hall–Kier alpha value is -4.35. The zero-order valence-corrected chi connectivity index (χ0v) is 20.3. The molecule has 0 bridgehead atoms. The molecule has 36 heavy (non-hydrogen) atoms. The van der Waals surface area contributed by atoms with Gasteiger partial charge in [0, 0.05) is 21.8 Å². The van der Waals surface area contributed by atoms with Gasteiger partial charge in [-0.3, -0.25) is 9.69 Å². The molecule has 1 atom stereocenters. The van der Waals surface area contributed by atoms with Crippen molar-refractivity contribution in [3.05, 3.63) is 131 Å². The van der Waals surface area contributed by atoms with Gasteiger partial charge in [0.1, 0.15) is 5.75 Å². The third-order valence-electron chi connectivity index (χ3n) is 6.46. The molecular weight excluding hydrogens is 470 g/mol. The molecule has 5 aromatic rings. The second-order valence-corrected chi connectivity index (χ2v) is 8.99. The van der Waals surface area contributed by atoms with Crippen LogP contribution in [0.3, 0.4) is 0 Å². The van der Waals surface area contributed by atoms with Crippen LogP contribution in [-0.2, 0) is 0 Å². The van der Waals surface area contributed by atoms with Gasteiger partial charge in [-0.05, 0) is 54.1 Å². The van der Waals surface area contributed by atoms with E-state index in [0.29, 0.717) is 10.7 Å². The predicted octanol–water partition coefficient (Wildman–Crippen LogP) is 6.95. The number of hydrogen-bond donors (Lipinski definition) is 0. The van der Waals surface area contributed by atoms with Crippen LogP contribution < -0.4 is 9.64 Å². The van der Waals surface area contributed by atoms with Crippen LogP contribution in [0.4, 0.5) is 5.69 Å². The summed E-state index contributed by atoms with van der Waals surface area (Å²) in [4.78, 5) is 15.8. The maximum absolute atomic E-state index is 14.0. The van der Waals surface area contributed by atoms with Crippen LogP contribution in [0.2, 0.25) is 5.02 Å². The van der Waals surface area contributed by atoms with Gasteiger partial charge in [0.25, 0.3) is 5.91 Å². The summed E-state index contributed by atoms with van der Waals surface area (Å²) in [5.41, 5.74) is 5.75. The predicted molar refractivity (Wildman–Crippen MR) is 142 cm³/mol. The highest BCUT2D eigenvalue weighted by atomic mass is 35.5. The first kappa shape index (κ1) is 22.1. The van der Waals surface area contributed by atoms with Crippen LogP contribution in [-0.4, -0.2) is 22.8 Å². The maximum Gasteiger partial charge on any atom is 0.280 e. The highest BCUT2D eigenvalue weighted by Crippen LogP contribution is 2.46. The number of carbonyl (C=O) groups excluding carboxylic acids is 1. The van der Waals surface area contributed by atoms with Gasteiger partial charge in [-0.2, -0.15) is 5.10 Å². The number of halogens is 1. The topological polar surface area (TPSA) is 47.4 Å². The lowest BCUT2D eigenvalue weighted by Crippen LogP contribution is -2.29. The van der Waals surface area contributed by atoms with Gasteiger partial charge >= 0.3 is 0 Å². The van der Waals surface area contributed by atoms with E-state index in [-0.39, 0.29) is 11.9 Å². The molecule has 176 valence electrons. The molecule has 0 aliphatic carbocycles. The average Bonchev–Trinajstić information content (AvgIpc) is 3.45. The number of nitrogens with zero attached hydrogens (tertiary/aromatic N) is 3. The van der Waals surface area contributed by atoms with Crippen molar-refractivity contribution in [2.45, 2.75) is 6.04 Å². The van der Waals surface area contributed by atoms with Crippen molar-refractivity contribution in [1.82, 2.24) is 9.78 Å². The van der Waals surface area contributed by atoms with E-state index in [4.69, 9.17) is 21.4 Å². The molecule has 6 rings (SSSR count). The van der Waals surface area contributed by atoms with E-state index in [0.717, 1.165) is 39.5 Å². The molecule has 1 aliphatic rings. The number of ether oxygens (including phenoxy) is 1. The summed E-state index contributed by atoms with van der Waals surface area (Å²) in [6.45, 7) is 0. The summed E-state index contributed by atoms with van der Waals surface area (Å²) < 4.78 is 7.26. The molecule has 4 aromatic carbocycles. The van der Waals surface area contributed by atoms with E-state index < -0.39 is 0 Å². The molecule has 0 fully saturated rings. The number of amides is 1. The van der Waals surface area contributed by atoms with E-state index in [9.17, 15) is 4.79 Å². The number of methoxy groups -OCH3 is 1. The van der Waals surface area contributed by atoms with Crippen molar-refractivity contribution in [3.8, 4) is 22.7 Å². The Kier molecular flexibility index (Phi) is 5.55. The van der Waals surface area contributed by atoms with Crippen LogP contribution in [0, 0.1) is 0 Å². The third kappa shape index (κ3) is 3.65. The monoisotopic (exact) mass is 491 g/mol. The first-order chi connectivity index (χ1) is 17.7. The molecule has 0 saturated heterocycles. The number of hydrogen-bond acceptors (Lipinski definition) is 3. The van der Waals surface area contributed by atoms with Crippen molar-refractivity contribution < 1.29 is 9.53 Å². The number of fused-ring (bicyclic) bond motifs is 1. The molecule has 2 heterocycles. The summed E-state index contributed by atoms with van der Waals surface area (Å²) in [5.74, 6) is 0.620. The van der Waals surface area contributed by atoms with Gasteiger partial charge < -0.3 is 4.74 Å². The SMILES string of the molecule is COc1ccc(C2c3c(nn(-c4ccccc4)c3-c3ccc(Cl)cc3)C(=O)N2c2ccccc2)cc1. The molecule has 5 nitrogen and oxygen atoms in total. The van der Waals surface area contributed by atoms with Crippen LogP contribution in [0.5, 0.6) is 5.75 Å². The second-order valence-electron chi connectivity index (χ2n) is 8.55. The van der Waals surface area contributed by atoms with Gasteiger partial charge in [0.2, 0.25) is 0 Å². The van der Waals surface area contributed by atoms with Gasteiger partial charge in [-0.25, -0.2) is 4.68 Å². The van der Waals surface area contributed by atoms with Crippen LogP contribution in [0.25, 0.3) is 16.9 Å². The van der Waals surface area contributed by atoms with E-state index in [1.165, 1.54) is 0 Å². The average molecular weight is 492 g/mol. The molecule has 0 saturated carbocycles. The zero-order chi connectivity index (χ0) is 24.6. The van der Waals surface area contributed by atoms with Crippen LogP contribution in [0.1, 0.15) is 27.7 Å². The highest BCUT2D eigenvalue weighted by molar-refractivity contribution is 6.30. The second kappa shape index (κ2) is 9.02. The van der Waals surface area contributed by atoms with Crippen molar-refractivity contribution >= 4 is 23.2 Å². The largest absolute Gasteiger partial charge is 0.497 e. The van der Waals surface area contributed by atoms with E-state index in [1.807, 2.05) is 119 Å². The highest BCUT2D eigenvalue weighted by Gasteiger charge is 2.44. The number of benzene rings is 4. The first-order valence-corrected chi connectivity index (χ1v) is 12.0. The molecule has 1 amide bonds. The Morgan fingerprint density at radius 2 is 1.39 bits per heavy atom. The summed E-state index contributed by atoms with van der Waals surface area (Å²) in [6.07, 6.45) is 0. The molecule has 0 radical (unpaired) electrons. The number of rotatable bonds is 5. The summed E-state index contributed by atoms with van der Waals surface area (Å²) >= 11 is 6.23. The lowest BCUT2D eigenvalue weighted by atomic mass is 9.95. The molecule has 0 spiro atoms. The normalized spacial score (nSPS) is 14.7. The van der Waals surface area contributed by atoms with Crippen molar-refractivity contribution in [2.75, 3.05) is 12.0 Å². The minimum Gasteiger partial charge on any atom is -0.497 e. The summed E-state index contributed by atoms with van der Waals surface area (Å²) in [6, 6.07) is 34.8. The first-order valence-electron chi connectivity index (χ1n) is 11.6. The Morgan fingerprint density at radius 3 is 2.00 bits per heavy atom. The smallest absolute Gasteiger partial charge is 0.280 e. The van der Waals surface area contributed by atoms with Crippen LogP contribution >= 0.6 is 11.6 Å². The Morgan fingerprint density at radius 1 is 0.778 bits per heavy atom. The standard InChI is InChI=1S/C30H22ClN3O2/c1-36-25-18-14-20(15-19-25)28-26-27(30(35)33(28)23-8-4-2-5-9-23)32-34(24-10-6-3-7-11-24)29(26)21-12-16-22(31)17-13-21/h2-19,28H,1H3. The number of aromatic nitrogens is 2. The fourth-order valence-corrected chi connectivity index (χ4v) is 4.93. The van der Waals surface area contributed by atoms with Crippen molar-refractivity contribution in [2.24, 2.45) is 0 Å². The molecule has 0 N–H and O–H groups in total. The Labute approximate surface area is 214 Å². The molecular formula is C30H22ClN3O2. The van der Waals surface area contributed by atoms with Gasteiger partial charge in [0.05, 0.1) is 24.5 Å². The Bertz CT molecular complexity index is 1530. The van der Waals surface area contributed by atoms with Gasteiger partial charge in [-0.15, -0.1) is 0 Å². The zero-order valence-electron chi connectivity index (χ0n) is 19.5. The van der Waals surface area contributed by atoms with Gasteiger partial charge in [0.15, 0.2) is 5.69 Å². The van der Waals surface area contributed by atoms with Gasteiger partial charge in [-0.1, -0.05) is 72.3 Å². The number of para-hydroxylation sites is 2. The lowest BCUT2D eigenvalue weighted by molar-refractivity contribution is 0.0988. The minimum absolute atomic E-state index is 0.137. The molecule has 1 unspecified atom stereocenters. The maximum atomic E-state index is 14.0. The van der Waals surface area contributed by atoms with Crippen molar-refractivity contribution in [3.63, 3.8) is 0 Å². The Balaban J connectivity index is 1.64. The quantitative estimate of drug-likeness (QED) is 0.267. The fraction of sp³-hybridized carbons (Fsp3) is 0.0667. The third-order valence-corrected chi connectivity index (χ3v) is 6.71. The molecule has 1 aromatic heterocycles. The number of carbonyl (C=O) groups is 1. The summed E-state index contributed by atoms with van der Waals surface area (Å²) in [7, 11) is 1.64. The van der Waals surface area contributed by atoms with Crippen molar-refractivity contribution in [1.29, 1.82) is 0 Å². The minimum atomic E-state index is -0.371. The molecule has 1 aliphatic heterocycles.